The Morgan fingerprint density at radius 3 is 2.76 bits per heavy atom. The number of para-hydroxylation sites is 1. The molecule has 0 radical (unpaired) electrons. The second kappa shape index (κ2) is 10.3. The van der Waals surface area contributed by atoms with E-state index in [4.69, 9.17) is 9.72 Å². The van der Waals surface area contributed by atoms with E-state index >= 15 is 0 Å². The van der Waals surface area contributed by atoms with Crippen molar-refractivity contribution >= 4 is 55.0 Å². The Labute approximate surface area is 223 Å². The normalized spacial score (nSPS) is 18.4. The highest BCUT2D eigenvalue weighted by Crippen LogP contribution is 2.31. The van der Waals surface area contributed by atoms with Crippen LogP contribution in [0.5, 0.6) is 0 Å². The molecule has 2 aliphatic rings. The summed E-state index contributed by atoms with van der Waals surface area (Å²) in [6.07, 6.45) is 0.890. The van der Waals surface area contributed by atoms with E-state index in [1.807, 2.05) is 34.7 Å². The van der Waals surface area contributed by atoms with E-state index < -0.39 is 0 Å². The molecule has 198 valence electrons. The van der Waals surface area contributed by atoms with Gasteiger partial charge in [-0.05, 0) is 30.7 Å². The Hall–Kier alpha value is -3.54. The Morgan fingerprint density at radius 2 is 1.95 bits per heavy atom. The molecule has 1 unspecified atom stereocenters. The van der Waals surface area contributed by atoms with Crippen LogP contribution in [-0.2, 0) is 9.53 Å². The predicted octanol–water partition coefficient (Wildman–Crippen LogP) is 1.84. The molecule has 2 fully saturated rings. The zero-order chi connectivity index (χ0) is 26.2. The number of morpholine rings is 1. The molecule has 2 N–H and O–H groups in total. The molecule has 5 heterocycles. The topological polar surface area (TPSA) is 108 Å². The minimum absolute atomic E-state index is 0.0270. The van der Waals surface area contributed by atoms with Crippen LogP contribution < -0.4 is 21.0 Å². The van der Waals surface area contributed by atoms with Gasteiger partial charge in [-0.2, -0.15) is 0 Å². The quantitative estimate of drug-likeness (QED) is 0.389. The molecule has 1 atom stereocenters. The van der Waals surface area contributed by atoms with Crippen LogP contribution in [0, 0.1) is 0 Å². The van der Waals surface area contributed by atoms with Gasteiger partial charge < -0.3 is 20.3 Å². The SMILES string of the molecule is CC(=O)NC1CCN(CCNC(=O)c2c(=O)c3ccc(N4CCOCC4)nc3n3c2sc2ccccc23)C1. The van der Waals surface area contributed by atoms with Crippen molar-refractivity contribution in [1.82, 2.24) is 24.9 Å². The molecule has 3 aromatic heterocycles. The zero-order valence-corrected chi connectivity index (χ0v) is 22.1. The summed E-state index contributed by atoms with van der Waals surface area (Å²) < 4.78 is 8.42. The Balaban J connectivity index is 1.33. The Kier molecular flexibility index (Phi) is 6.73. The molecule has 6 rings (SSSR count). The number of amides is 2. The molecule has 4 aromatic rings. The number of thiazole rings is 1. The van der Waals surface area contributed by atoms with Crippen LogP contribution in [0.2, 0.25) is 0 Å². The van der Waals surface area contributed by atoms with E-state index in [9.17, 15) is 14.4 Å². The number of rotatable bonds is 6. The van der Waals surface area contributed by atoms with E-state index in [1.165, 1.54) is 18.3 Å². The van der Waals surface area contributed by atoms with Gasteiger partial charge in [0, 0.05) is 52.2 Å². The lowest BCUT2D eigenvalue weighted by Crippen LogP contribution is -2.39. The van der Waals surface area contributed by atoms with Crippen LogP contribution in [0.25, 0.3) is 26.1 Å². The van der Waals surface area contributed by atoms with Crippen molar-refractivity contribution in [2.75, 3.05) is 57.4 Å². The summed E-state index contributed by atoms with van der Waals surface area (Å²) in [5.74, 6) is 0.390. The standard InChI is InChI=1S/C27H30N6O4S/c1-17(34)29-18-8-10-31(16-18)11-9-28-26(36)23-24(35)19-6-7-22(32-12-14-37-15-13-32)30-25(19)33-20-4-2-3-5-21(20)38-27(23)33/h2-7,18H,8-16H2,1H3,(H,28,36)(H,29,34). The largest absolute Gasteiger partial charge is 0.378 e. The lowest BCUT2D eigenvalue weighted by Gasteiger charge is -2.28. The van der Waals surface area contributed by atoms with Crippen LogP contribution >= 0.6 is 11.3 Å². The molecule has 10 nitrogen and oxygen atoms in total. The average molecular weight is 535 g/mol. The molecule has 2 saturated heterocycles. The molecule has 0 bridgehead atoms. The number of carbonyl (C=O) groups is 2. The second-order valence-corrected chi connectivity index (χ2v) is 10.8. The lowest BCUT2D eigenvalue weighted by atomic mass is 10.1. The van der Waals surface area contributed by atoms with Crippen molar-refractivity contribution in [3.63, 3.8) is 0 Å². The number of hydrogen-bond donors (Lipinski definition) is 2. The van der Waals surface area contributed by atoms with Gasteiger partial charge >= 0.3 is 0 Å². The van der Waals surface area contributed by atoms with Crippen LogP contribution in [-0.4, -0.2) is 84.6 Å². The maximum Gasteiger partial charge on any atom is 0.258 e. The number of benzene rings is 1. The first-order chi connectivity index (χ1) is 18.5. The average Bonchev–Trinajstić information content (AvgIpc) is 3.53. The molecular weight excluding hydrogens is 504 g/mol. The predicted molar refractivity (Wildman–Crippen MR) is 148 cm³/mol. The van der Waals surface area contributed by atoms with Crippen molar-refractivity contribution in [2.24, 2.45) is 0 Å². The number of pyridine rings is 2. The van der Waals surface area contributed by atoms with E-state index in [0.29, 0.717) is 42.2 Å². The van der Waals surface area contributed by atoms with Gasteiger partial charge in [0.1, 0.15) is 16.2 Å². The van der Waals surface area contributed by atoms with Gasteiger partial charge in [-0.3, -0.25) is 23.7 Å². The Bertz CT molecular complexity index is 1590. The van der Waals surface area contributed by atoms with Gasteiger partial charge in [-0.25, -0.2) is 4.98 Å². The molecular formula is C27H30N6O4S. The first-order valence-electron chi connectivity index (χ1n) is 13.0. The molecule has 0 spiro atoms. The van der Waals surface area contributed by atoms with E-state index in [1.54, 1.807) is 6.07 Å². The van der Waals surface area contributed by atoms with Gasteiger partial charge in [0.2, 0.25) is 11.3 Å². The van der Waals surface area contributed by atoms with Crippen LogP contribution in [0.3, 0.4) is 0 Å². The van der Waals surface area contributed by atoms with Crippen molar-refractivity contribution in [3.05, 3.63) is 52.2 Å². The van der Waals surface area contributed by atoms with Crippen LogP contribution in [0.1, 0.15) is 23.7 Å². The number of nitrogens with one attached hydrogen (secondary N) is 2. The van der Waals surface area contributed by atoms with Crippen molar-refractivity contribution in [1.29, 1.82) is 0 Å². The number of aromatic nitrogens is 2. The zero-order valence-electron chi connectivity index (χ0n) is 21.2. The molecule has 0 aliphatic carbocycles. The highest BCUT2D eigenvalue weighted by atomic mass is 32.1. The molecule has 2 amide bonds. The van der Waals surface area contributed by atoms with E-state index in [0.717, 1.165) is 48.6 Å². The first kappa shape index (κ1) is 24.8. The van der Waals surface area contributed by atoms with Gasteiger partial charge in [-0.15, -0.1) is 11.3 Å². The summed E-state index contributed by atoms with van der Waals surface area (Å²) in [5, 5.41) is 6.34. The van der Waals surface area contributed by atoms with Gasteiger partial charge in [0.05, 0.1) is 28.8 Å². The van der Waals surface area contributed by atoms with Crippen LogP contribution in [0.4, 0.5) is 5.82 Å². The number of ether oxygens (including phenoxy) is 1. The van der Waals surface area contributed by atoms with Crippen LogP contribution in [0.15, 0.2) is 41.2 Å². The maximum atomic E-state index is 13.7. The molecule has 2 aliphatic heterocycles. The summed E-state index contributed by atoms with van der Waals surface area (Å²) in [7, 11) is 0. The summed E-state index contributed by atoms with van der Waals surface area (Å²) in [5.41, 5.74) is 1.32. The number of carbonyl (C=O) groups excluding carboxylic acids is 2. The third kappa shape index (κ3) is 4.61. The maximum absolute atomic E-state index is 13.7. The third-order valence-corrected chi connectivity index (χ3v) is 8.37. The summed E-state index contributed by atoms with van der Waals surface area (Å²) >= 11 is 1.43. The monoisotopic (exact) mass is 534 g/mol. The van der Waals surface area contributed by atoms with Gasteiger partial charge in [-0.1, -0.05) is 12.1 Å². The fraction of sp³-hybridized carbons (Fsp3) is 0.407. The summed E-state index contributed by atoms with van der Waals surface area (Å²) in [6.45, 7) is 6.96. The van der Waals surface area contributed by atoms with Crippen molar-refractivity contribution in [2.45, 2.75) is 19.4 Å². The highest BCUT2D eigenvalue weighted by molar-refractivity contribution is 7.24. The molecule has 1 aromatic carbocycles. The number of nitrogens with zero attached hydrogens (tertiary/aromatic N) is 4. The van der Waals surface area contributed by atoms with Gasteiger partial charge in [0.25, 0.3) is 5.91 Å². The fourth-order valence-electron chi connectivity index (χ4n) is 5.40. The molecule has 38 heavy (non-hydrogen) atoms. The van der Waals surface area contributed by atoms with E-state index in [-0.39, 0.29) is 28.8 Å². The number of fused-ring (bicyclic) bond motifs is 5. The first-order valence-corrected chi connectivity index (χ1v) is 13.8. The number of hydrogen-bond acceptors (Lipinski definition) is 8. The third-order valence-electron chi connectivity index (χ3n) is 7.23. The Morgan fingerprint density at radius 1 is 1.13 bits per heavy atom. The smallest absolute Gasteiger partial charge is 0.258 e. The van der Waals surface area contributed by atoms with Crippen molar-refractivity contribution < 1.29 is 14.3 Å². The summed E-state index contributed by atoms with van der Waals surface area (Å²) in [4.78, 5) is 48.4. The number of likely N-dealkylation sites (tertiary alicyclic amines) is 1. The highest BCUT2D eigenvalue weighted by Gasteiger charge is 2.25. The lowest BCUT2D eigenvalue weighted by molar-refractivity contribution is -0.119. The molecule has 11 heteroatoms. The minimum atomic E-state index is -0.379. The minimum Gasteiger partial charge on any atom is -0.378 e. The fourth-order valence-corrected chi connectivity index (χ4v) is 6.59. The molecule has 0 saturated carbocycles. The van der Waals surface area contributed by atoms with Gasteiger partial charge in [0.15, 0.2) is 5.65 Å². The second-order valence-electron chi connectivity index (χ2n) is 9.80. The summed E-state index contributed by atoms with van der Waals surface area (Å²) in [6, 6.07) is 11.7. The van der Waals surface area contributed by atoms with E-state index in [2.05, 4.69) is 20.4 Å². The van der Waals surface area contributed by atoms with Crippen molar-refractivity contribution in [3.8, 4) is 0 Å². The number of anilines is 1.